The van der Waals surface area contributed by atoms with Gasteiger partial charge in [-0.05, 0) is 24.3 Å². The predicted octanol–water partition coefficient (Wildman–Crippen LogP) is 3.46. The fourth-order valence-corrected chi connectivity index (χ4v) is 1.97. The normalized spacial score (nSPS) is 11.0. The van der Waals surface area contributed by atoms with Crippen molar-refractivity contribution < 1.29 is 32.4 Å². The molecular formula is C15H9ClF3N3O5. The third-order valence-corrected chi connectivity index (χ3v) is 3.32. The van der Waals surface area contributed by atoms with E-state index >= 15 is 0 Å². The van der Waals surface area contributed by atoms with Crippen molar-refractivity contribution in [1.82, 2.24) is 4.98 Å². The van der Waals surface area contributed by atoms with Gasteiger partial charge >= 0.3 is 12.1 Å². The zero-order valence-electron chi connectivity index (χ0n) is 13.1. The van der Waals surface area contributed by atoms with E-state index in [1.54, 1.807) is 0 Å². The highest BCUT2D eigenvalue weighted by molar-refractivity contribution is 6.29. The van der Waals surface area contributed by atoms with Gasteiger partial charge in [-0.15, -0.1) is 0 Å². The lowest BCUT2D eigenvalue weighted by molar-refractivity contribution is -0.384. The number of rotatable bonds is 5. The van der Waals surface area contributed by atoms with E-state index in [1.807, 2.05) is 5.32 Å². The van der Waals surface area contributed by atoms with E-state index in [1.165, 1.54) is 12.1 Å². The molecule has 8 nitrogen and oxygen atoms in total. The average molecular weight is 404 g/mol. The van der Waals surface area contributed by atoms with Gasteiger partial charge in [-0.1, -0.05) is 11.6 Å². The van der Waals surface area contributed by atoms with Gasteiger partial charge in [0.2, 0.25) is 0 Å². The first-order valence-electron chi connectivity index (χ1n) is 7.02. The Kier molecular flexibility index (Phi) is 5.95. The molecule has 0 atom stereocenters. The Bertz CT molecular complexity index is 887. The molecule has 0 unspecified atom stereocenters. The summed E-state index contributed by atoms with van der Waals surface area (Å²) in [6, 6.07) is 4.23. The Balaban J connectivity index is 2.05. The van der Waals surface area contributed by atoms with Gasteiger partial charge in [-0.2, -0.15) is 13.2 Å². The molecule has 0 radical (unpaired) electrons. The number of pyridine rings is 1. The Morgan fingerprint density at radius 3 is 2.52 bits per heavy atom. The van der Waals surface area contributed by atoms with Crippen LogP contribution in [0.25, 0.3) is 0 Å². The van der Waals surface area contributed by atoms with Gasteiger partial charge in [0, 0.05) is 12.3 Å². The van der Waals surface area contributed by atoms with Crippen molar-refractivity contribution in [3.63, 3.8) is 0 Å². The molecule has 1 aromatic carbocycles. The number of hydrogen-bond donors (Lipinski definition) is 1. The van der Waals surface area contributed by atoms with Gasteiger partial charge in [0.15, 0.2) is 6.61 Å². The van der Waals surface area contributed by atoms with Crippen LogP contribution in [0.1, 0.15) is 15.9 Å². The quantitative estimate of drug-likeness (QED) is 0.354. The molecule has 1 heterocycles. The molecule has 142 valence electrons. The van der Waals surface area contributed by atoms with Gasteiger partial charge < -0.3 is 10.1 Å². The number of hydrogen-bond acceptors (Lipinski definition) is 6. The topological polar surface area (TPSA) is 111 Å². The fraction of sp³-hybridized carbons (Fsp3) is 0.133. The second kappa shape index (κ2) is 7.99. The van der Waals surface area contributed by atoms with Gasteiger partial charge in [-0.3, -0.25) is 14.9 Å². The van der Waals surface area contributed by atoms with Crippen LogP contribution in [0.3, 0.4) is 0 Å². The average Bonchev–Trinajstić information content (AvgIpc) is 2.59. The lowest BCUT2D eigenvalue weighted by Gasteiger charge is -2.10. The van der Waals surface area contributed by atoms with Crippen LogP contribution in [-0.2, 0) is 15.7 Å². The van der Waals surface area contributed by atoms with Crippen molar-refractivity contribution in [1.29, 1.82) is 0 Å². The number of nitrogens with one attached hydrogen (secondary N) is 1. The molecule has 12 heteroatoms. The lowest BCUT2D eigenvalue weighted by Crippen LogP contribution is -2.21. The van der Waals surface area contributed by atoms with Crippen LogP contribution >= 0.6 is 11.6 Å². The number of nitro groups is 1. The zero-order valence-corrected chi connectivity index (χ0v) is 13.9. The molecular weight excluding hydrogens is 395 g/mol. The van der Waals surface area contributed by atoms with Crippen molar-refractivity contribution in [2.45, 2.75) is 6.18 Å². The first kappa shape index (κ1) is 20.1. The molecule has 0 aliphatic carbocycles. The lowest BCUT2D eigenvalue weighted by atomic mass is 10.1. The molecule has 0 saturated carbocycles. The van der Waals surface area contributed by atoms with Crippen LogP contribution in [0, 0.1) is 10.1 Å². The monoisotopic (exact) mass is 403 g/mol. The van der Waals surface area contributed by atoms with Crippen LogP contribution in [0.15, 0.2) is 36.5 Å². The number of carbonyl (C=O) groups excluding carboxylic acids is 2. The summed E-state index contributed by atoms with van der Waals surface area (Å²) >= 11 is 5.56. The third kappa shape index (κ3) is 5.38. The number of alkyl halides is 3. The van der Waals surface area contributed by atoms with Crippen LogP contribution in [-0.4, -0.2) is 28.4 Å². The van der Waals surface area contributed by atoms with Crippen molar-refractivity contribution in [2.24, 2.45) is 0 Å². The van der Waals surface area contributed by atoms with Crippen molar-refractivity contribution in [3.8, 4) is 0 Å². The summed E-state index contributed by atoms with van der Waals surface area (Å²) in [5.74, 6) is -1.88. The predicted molar refractivity (Wildman–Crippen MR) is 86.3 cm³/mol. The van der Waals surface area contributed by atoms with Gasteiger partial charge in [0.05, 0.1) is 16.1 Å². The minimum absolute atomic E-state index is 0.00714. The summed E-state index contributed by atoms with van der Waals surface area (Å²) in [6.07, 6.45) is -3.67. The largest absolute Gasteiger partial charge is 0.452 e. The Morgan fingerprint density at radius 2 is 1.96 bits per heavy atom. The van der Waals surface area contributed by atoms with E-state index in [0.29, 0.717) is 12.1 Å². The van der Waals surface area contributed by atoms with Gasteiger partial charge in [0.25, 0.3) is 11.6 Å². The molecule has 0 aliphatic rings. The van der Waals surface area contributed by atoms with Gasteiger partial charge in [-0.25, -0.2) is 9.78 Å². The van der Waals surface area contributed by atoms with E-state index in [-0.39, 0.29) is 10.7 Å². The molecule has 1 aromatic heterocycles. The third-order valence-electron chi connectivity index (χ3n) is 3.09. The first-order valence-corrected chi connectivity index (χ1v) is 7.40. The number of anilines is 1. The number of nitro benzene ring substituents is 1. The fourth-order valence-electron chi connectivity index (χ4n) is 1.86. The summed E-state index contributed by atoms with van der Waals surface area (Å²) in [5, 5.41) is 13.1. The van der Waals surface area contributed by atoms with Crippen LogP contribution in [0.2, 0.25) is 5.15 Å². The van der Waals surface area contributed by atoms with Crippen molar-refractivity contribution in [2.75, 3.05) is 11.9 Å². The second-order valence-electron chi connectivity index (χ2n) is 4.98. The number of nitrogens with zero attached hydrogens (tertiary/aromatic N) is 2. The highest BCUT2D eigenvalue weighted by Crippen LogP contribution is 2.34. The highest BCUT2D eigenvalue weighted by atomic mass is 35.5. The van der Waals surface area contributed by atoms with Crippen LogP contribution in [0.5, 0.6) is 0 Å². The molecule has 0 saturated heterocycles. The number of halogens is 4. The van der Waals surface area contributed by atoms with E-state index in [4.69, 9.17) is 16.3 Å². The smallest absolute Gasteiger partial charge is 0.416 e. The van der Waals surface area contributed by atoms with Crippen molar-refractivity contribution in [3.05, 3.63) is 62.9 Å². The molecule has 2 rings (SSSR count). The minimum atomic E-state index is -4.78. The number of ether oxygens (including phenoxy) is 1. The number of amides is 1. The summed E-state index contributed by atoms with van der Waals surface area (Å²) < 4.78 is 42.6. The maximum absolute atomic E-state index is 12.6. The molecule has 0 spiro atoms. The van der Waals surface area contributed by atoms with Crippen LogP contribution < -0.4 is 5.32 Å². The molecule has 0 aliphatic heterocycles. The summed E-state index contributed by atoms with van der Waals surface area (Å²) in [6.45, 7) is -0.820. The number of carbonyl (C=O) groups is 2. The SMILES string of the molecule is O=C(COC(=O)c1ccc(Cl)nc1)Nc1ccc(C(F)(F)F)cc1[N+](=O)[O-]. The minimum Gasteiger partial charge on any atom is -0.452 e. The Morgan fingerprint density at radius 1 is 1.26 bits per heavy atom. The molecule has 27 heavy (non-hydrogen) atoms. The van der Waals surface area contributed by atoms with Crippen LogP contribution in [0.4, 0.5) is 24.5 Å². The van der Waals surface area contributed by atoms with Gasteiger partial charge in [0.1, 0.15) is 10.8 Å². The molecule has 0 bridgehead atoms. The Labute approximate surface area is 154 Å². The number of esters is 1. The number of benzene rings is 1. The van der Waals surface area contributed by atoms with E-state index in [9.17, 15) is 32.9 Å². The van der Waals surface area contributed by atoms with E-state index < -0.39 is 46.5 Å². The zero-order chi connectivity index (χ0) is 20.2. The first-order chi connectivity index (χ1) is 12.6. The van der Waals surface area contributed by atoms with E-state index in [2.05, 4.69) is 4.98 Å². The maximum atomic E-state index is 12.6. The standard InChI is InChI=1S/C15H9ClF3N3O5/c16-12-4-1-8(6-20-12)14(24)27-7-13(23)21-10-3-2-9(15(17,18)19)5-11(10)22(25)26/h1-6H,7H2,(H,21,23). The maximum Gasteiger partial charge on any atom is 0.416 e. The second-order valence-corrected chi connectivity index (χ2v) is 5.37. The van der Waals surface area contributed by atoms with E-state index in [0.717, 1.165) is 12.3 Å². The highest BCUT2D eigenvalue weighted by Gasteiger charge is 2.33. The molecule has 0 fully saturated rings. The molecule has 1 amide bonds. The number of aromatic nitrogens is 1. The Hall–Kier alpha value is -3.21. The summed E-state index contributed by atoms with van der Waals surface area (Å²) in [5.41, 5.74) is -2.66. The summed E-state index contributed by atoms with van der Waals surface area (Å²) in [4.78, 5) is 37.0. The van der Waals surface area contributed by atoms with Crippen molar-refractivity contribution >= 4 is 34.9 Å². The summed E-state index contributed by atoms with van der Waals surface area (Å²) in [7, 11) is 0. The molecule has 2 aromatic rings. The molecule has 1 N–H and O–H groups in total.